The maximum atomic E-state index is 13.7. The van der Waals surface area contributed by atoms with Crippen LogP contribution in [0.2, 0.25) is 5.02 Å². The number of hydrogen-bond acceptors (Lipinski definition) is 3. The van der Waals surface area contributed by atoms with Crippen LogP contribution >= 0.6 is 11.6 Å². The van der Waals surface area contributed by atoms with Crippen LogP contribution in [0.5, 0.6) is 0 Å². The van der Waals surface area contributed by atoms with Gasteiger partial charge in [0, 0.05) is 24.5 Å². The summed E-state index contributed by atoms with van der Waals surface area (Å²) in [6.07, 6.45) is -0.225. The number of morpholine rings is 1. The molecular weight excluding hydrogens is 317 g/mol. The minimum atomic E-state index is -1.36. The summed E-state index contributed by atoms with van der Waals surface area (Å²) in [5.41, 5.74) is -0.0678. The molecule has 2 aromatic carbocycles. The van der Waals surface area contributed by atoms with Crippen molar-refractivity contribution < 1.29 is 14.2 Å². The van der Waals surface area contributed by atoms with Crippen molar-refractivity contribution in [2.75, 3.05) is 19.7 Å². The van der Waals surface area contributed by atoms with Gasteiger partial charge in [-0.25, -0.2) is 4.39 Å². The van der Waals surface area contributed by atoms with E-state index in [0.717, 1.165) is 12.1 Å². The van der Waals surface area contributed by atoms with Crippen LogP contribution in [0.1, 0.15) is 11.1 Å². The van der Waals surface area contributed by atoms with E-state index < -0.39 is 11.7 Å². The molecule has 1 saturated heterocycles. The van der Waals surface area contributed by atoms with E-state index in [1.54, 1.807) is 18.2 Å². The first-order chi connectivity index (χ1) is 11.1. The molecule has 0 spiro atoms. The monoisotopic (exact) mass is 335 g/mol. The van der Waals surface area contributed by atoms with Gasteiger partial charge in [0.2, 0.25) is 0 Å². The van der Waals surface area contributed by atoms with E-state index in [4.69, 9.17) is 16.3 Å². The summed E-state index contributed by atoms with van der Waals surface area (Å²) in [4.78, 5) is 0. The minimum absolute atomic E-state index is 0.252. The molecule has 3 rings (SSSR count). The lowest BCUT2D eigenvalue weighted by Crippen LogP contribution is -2.52. The van der Waals surface area contributed by atoms with Crippen LogP contribution in [0.3, 0.4) is 0 Å². The van der Waals surface area contributed by atoms with E-state index in [0.29, 0.717) is 23.7 Å². The number of ether oxygens (including phenoxy) is 1. The van der Waals surface area contributed by atoms with Crippen LogP contribution < -0.4 is 5.32 Å². The Morgan fingerprint density at radius 1 is 1.26 bits per heavy atom. The molecule has 0 radical (unpaired) electrons. The first kappa shape index (κ1) is 16.4. The Kier molecular flexibility index (Phi) is 4.97. The highest BCUT2D eigenvalue weighted by Crippen LogP contribution is 2.34. The molecule has 2 atom stereocenters. The van der Waals surface area contributed by atoms with Crippen molar-refractivity contribution in [3.8, 4) is 0 Å². The molecule has 23 heavy (non-hydrogen) atoms. The Balaban J connectivity index is 2.00. The zero-order chi connectivity index (χ0) is 16.3. The van der Waals surface area contributed by atoms with Gasteiger partial charge in [0.1, 0.15) is 17.5 Å². The fourth-order valence-electron chi connectivity index (χ4n) is 2.96. The van der Waals surface area contributed by atoms with Crippen molar-refractivity contribution in [1.82, 2.24) is 5.32 Å². The maximum Gasteiger partial charge on any atom is 0.123 e. The predicted molar refractivity (Wildman–Crippen MR) is 88.1 cm³/mol. The molecule has 1 unspecified atom stereocenters. The zero-order valence-electron chi connectivity index (χ0n) is 12.6. The molecule has 1 aliphatic rings. The summed E-state index contributed by atoms with van der Waals surface area (Å²) in [5.74, 6) is -0.385. The van der Waals surface area contributed by atoms with Crippen molar-refractivity contribution in [3.05, 3.63) is 70.5 Å². The lowest BCUT2D eigenvalue weighted by atomic mass is 9.82. The van der Waals surface area contributed by atoms with Gasteiger partial charge < -0.3 is 15.2 Å². The summed E-state index contributed by atoms with van der Waals surface area (Å²) < 4.78 is 19.5. The van der Waals surface area contributed by atoms with E-state index in [9.17, 15) is 9.50 Å². The van der Waals surface area contributed by atoms with E-state index >= 15 is 0 Å². The van der Waals surface area contributed by atoms with Gasteiger partial charge in [-0.2, -0.15) is 0 Å². The second-order valence-corrected chi connectivity index (χ2v) is 6.17. The zero-order valence-corrected chi connectivity index (χ0v) is 13.4. The highest BCUT2D eigenvalue weighted by atomic mass is 35.5. The Hall–Kier alpha value is -1.46. The Morgan fingerprint density at radius 3 is 2.78 bits per heavy atom. The molecule has 0 bridgehead atoms. The third kappa shape index (κ3) is 3.56. The van der Waals surface area contributed by atoms with E-state index in [1.165, 1.54) is 12.1 Å². The second kappa shape index (κ2) is 6.97. The molecular formula is C18H19ClFNO2. The van der Waals surface area contributed by atoms with Crippen molar-refractivity contribution in [2.24, 2.45) is 0 Å². The average Bonchev–Trinajstić information content (AvgIpc) is 2.58. The van der Waals surface area contributed by atoms with Gasteiger partial charge in [0.15, 0.2) is 0 Å². The van der Waals surface area contributed by atoms with Crippen LogP contribution in [0.15, 0.2) is 48.5 Å². The summed E-state index contributed by atoms with van der Waals surface area (Å²) in [5, 5.41) is 15.2. The van der Waals surface area contributed by atoms with Crippen LogP contribution in [0.4, 0.5) is 4.39 Å². The molecule has 0 amide bonds. The Labute approximate surface area is 140 Å². The first-order valence-electron chi connectivity index (χ1n) is 7.64. The molecule has 122 valence electrons. The number of halogens is 2. The Bertz CT molecular complexity index is 676. The summed E-state index contributed by atoms with van der Waals surface area (Å²) in [6, 6.07) is 13.4. The second-order valence-electron chi connectivity index (χ2n) is 5.77. The smallest absolute Gasteiger partial charge is 0.123 e. The van der Waals surface area contributed by atoms with E-state index in [-0.39, 0.29) is 12.2 Å². The van der Waals surface area contributed by atoms with Crippen molar-refractivity contribution in [3.63, 3.8) is 0 Å². The molecule has 0 aliphatic carbocycles. The van der Waals surface area contributed by atoms with Crippen LogP contribution in [-0.4, -0.2) is 30.9 Å². The molecule has 2 aromatic rings. The van der Waals surface area contributed by atoms with Crippen LogP contribution in [-0.2, 0) is 16.8 Å². The predicted octanol–water partition coefficient (Wildman–Crippen LogP) is 2.90. The highest BCUT2D eigenvalue weighted by Gasteiger charge is 2.41. The van der Waals surface area contributed by atoms with Gasteiger partial charge in [-0.1, -0.05) is 41.9 Å². The minimum Gasteiger partial charge on any atom is -0.382 e. The lowest BCUT2D eigenvalue weighted by Gasteiger charge is -2.39. The number of hydrogen-bond donors (Lipinski definition) is 2. The molecule has 0 aromatic heterocycles. The standard InChI is InChI=1S/C18H19ClFNO2/c19-16-7-2-1-4-13(16)11-18(22,17-12-21-8-9-23-17)14-5-3-6-15(20)10-14/h1-7,10,17,21-22H,8-9,11-12H2/t17?,18-/m1/s1. The first-order valence-corrected chi connectivity index (χ1v) is 8.01. The number of nitrogens with one attached hydrogen (secondary N) is 1. The fourth-order valence-corrected chi connectivity index (χ4v) is 3.17. The summed E-state index contributed by atoms with van der Waals surface area (Å²) in [7, 11) is 0. The molecule has 2 N–H and O–H groups in total. The fraction of sp³-hybridized carbons (Fsp3) is 0.333. The normalized spacial score (nSPS) is 20.9. The van der Waals surface area contributed by atoms with Gasteiger partial charge in [-0.3, -0.25) is 0 Å². The molecule has 1 aliphatic heterocycles. The molecule has 1 fully saturated rings. The number of aliphatic hydroxyl groups is 1. The van der Waals surface area contributed by atoms with Crippen molar-refractivity contribution >= 4 is 11.6 Å². The van der Waals surface area contributed by atoms with Gasteiger partial charge >= 0.3 is 0 Å². The highest BCUT2D eigenvalue weighted by molar-refractivity contribution is 6.31. The number of rotatable bonds is 4. The van der Waals surface area contributed by atoms with Gasteiger partial charge in [-0.05, 0) is 29.3 Å². The molecule has 5 heteroatoms. The van der Waals surface area contributed by atoms with E-state index in [1.807, 2.05) is 18.2 Å². The maximum absolute atomic E-state index is 13.7. The molecule has 0 saturated carbocycles. The summed E-state index contributed by atoms with van der Waals surface area (Å²) >= 11 is 6.25. The van der Waals surface area contributed by atoms with Crippen molar-refractivity contribution in [2.45, 2.75) is 18.1 Å². The van der Waals surface area contributed by atoms with Crippen LogP contribution in [0.25, 0.3) is 0 Å². The van der Waals surface area contributed by atoms with E-state index in [2.05, 4.69) is 5.32 Å². The Morgan fingerprint density at radius 2 is 2.09 bits per heavy atom. The largest absolute Gasteiger partial charge is 0.382 e. The topological polar surface area (TPSA) is 41.5 Å². The third-order valence-electron chi connectivity index (χ3n) is 4.20. The van der Waals surface area contributed by atoms with Crippen molar-refractivity contribution in [1.29, 1.82) is 0 Å². The van der Waals surface area contributed by atoms with Gasteiger partial charge in [-0.15, -0.1) is 0 Å². The van der Waals surface area contributed by atoms with Crippen LogP contribution in [0, 0.1) is 5.82 Å². The van der Waals surface area contributed by atoms with Gasteiger partial charge in [0.05, 0.1) is 6.61 Å². The lowest BCUT2D eigenvalue weighted by molar-refractivity contribution is -0.124. The third-order valence-corrected chi connectivity index (χ3v) is 4.57. The summed E-state index contributed by atoms with van der Waals surface area (Å²) in [6.45, 7) is 1.74. The quantitative estimate of drug-likeness (QED) is 0.902. The number of benzene rings is 2. The average molecular weight is 336 g/mol. The SMILES string of the molecule is O[C@](Cc1ccccc1Cl)(c1cccc(F)c1)C1CNCCO1. The molecule has 3 nitrogen and oxygen atoms in total. The van der Waals surface area contributed by atoms with Gasteiger partial charge in [0.25, 0.3) is 0 Å². The molecule has 1 heterocycles.